The van der Waals surface area contributed by atoms with Crippen molar-refractivity contribution in [2.24, 2.45) is 5.92 Å². The number of anilines is 1. The number of nitrogens with one attached hydrogen (secondary N) is 2. The predicted molar refractivity (Wildman–Crippen MR) is 138 cm³/mol. The van der Waals surface area contributed by atoms with Gasteiger partial charge in [0, 0.05) is 25.3 Å². The van der Waals surface area contributed by atoms with Crippen molar-refractivity contribution in [3.8, 4) is 0 Å². The highest BCUT2D eigenvalue weighted by Crippen LogP contribution is 2.31. The molecule has 6 nitrogen and oxygen atoms in total. The number of morpholine rings is 1. The van der Waals surface area contributed by atoms with Crippen LogP contribution in [0.5, 0.6) is 0 Å². The number of carbonyl (C=O) groups excluding carboxylic acids is 1. The first-order chi connectivity index (χ1) is 15.6. The van der Waals surface area contributed by atoms with Crippen molar-refractivity contribution < 1.29 is 14.3 Å². The maximum Gasteiger partial charge on any atom is 0.408 e. The van der Waals surface area contributed by atoms with Gasteiger partial charge in [0.05, 0.1) is 18.8 Å². The lowest BCUT2D eigenvalue weighted by atomic mass is 9.80. The Balaban J connectivity index is 1.62. The number of nitrogens with zero attached hydrogens (tertiary/aromatic N) is 1. The second-order valence-electron chi connectivity index (χ2n) is 10.6. The summed E-state index contributed by atoms with van der Waals surface area (Å²) in [6, 6.07) is 8.59. The van der Waals surface area contributed by atoms with Crippen LogP contribution in [0.4, 0.5) is 10.5 Å². The van der Waals surface area contributed by atoms with E-state index in [4.69, 9.17) is 21.7 Å². The van der Waals surface area contributed by atoms with Crippen molar-refractivity contribution in [1.82, 2.24) is 10.6 Å². The number of amides is 1. The van der Waals surface area contributed by atoms with Gasteiger partial charge < -0.3 is 25.0 Å². The summed E-state index contributed by atoms with van der Waals surface area (Å²) in [7, 11) is 0. The normalized spacial score (nSPS) is 19.5. The minimum atomic E-state index is -0.645. The number of hydrogen-bond donors (Lipinski definition) is 2. The first kappa shape index (κ1) is 25.8. The lowest BCUT2D eigenvalue weighted by Crippen LogP contribution is -2.57. The van der Waals surface area contributed by atoms with E-state index in [0.29, 0.717) is 17.5 Å². The van der Waals surface area contributed by atoms with Crippen LogP contribution in [0.3, 0.4) is 0 Å². The summed E-state index contributed by atoms with van der Waals surface area (Å²) in [5, 5.41) is 6.53. The van der Waals surface area contributed by atoms with Gasteiger partial charge in [-0.25, -0.2) is 4.79 Å². The number of alkyl carbamates (subject to hydrolysis) is 1. The summed E-state index contributed by atoms with van der Waals surface area (Å²) in [4.78, 5) is 15.7. The molecule has 1 aromatic carbocycles. The molecule has 1 atom stereocenters. The van der Waals surface area contributed by atoms with Crippen LogP contribution < -0.4 is 15.5 Å². The predicted octanol–water partition coefficient (Wildman–Crippen LogP) is 5.19. The number of rotatable bonds is 7. The summed E-state index contributed by atoms with van der Waals surface area (Å²) in [6.45, 7) is 11.7. The summed E-state index contributed by atoms with van der Waals surface area (Å²) in [5.41, 5.74) is 1.19. The van der Waals surface area contributed by atoms with E-state index in [-0.39, 0.29) is 0 Å². The molecule has 7 heteroatoms. The minimum Gasteiger partial charge on any atom is -0.444 e. The Morgan fingerprint density at radius 3 is 2.33 bits per heavy atom. The van der Waals surface area contributed by atoms with Crippen LogP contribution >= 0.6 is 12.2 Å². The molecule has 1 aromatic rings. The standard InChI is InChI=1S/C26H41N3O3S/c1-25(2,3)32-24(30)28-26(4,18-20-8-6-5-7-9-20)23(33)27-19-21-10-12-22(13-11-21)29-14-16-31-17-15-29/h10-13,20H,5-9,14-19H2,1-4H3,(H,27,33)(H,28,30)/t26-/m1/s1. The largest absolute Gasteiger partial charge is 0.444 e. The topological polar surface area (TPSA) is 62.8 Å². The molecule has 1 aliphatic carbocycles. The molecule has 2 fully saturated rings. The molecular weight excluding hydrogens is 434 g/mol. The van der Waals surface area contributed by atoms with Gasteiger partial charge in [0.1, 0.15) is 10.6 Å². The third-order valence-electron chi connectivity index (χ3n) is 6.47. The smallest absolute Gasteiger partial charge is 0.408 e. The van der Waals surface area contributed by atoms with Crippen molar-refractivity contribution in [1.29, 1.82) is 0 Å². The van der Waals surface area contributed by atoms with Crippen LogP contribution in [0.2, 0.25) is 0 Å². The summed E-state index contributed by atoms with van der Waals surface area (Å²) in [6.07, 6.45) is 6.60. The Labute approximate surface area is 204 Å². The number of carbonyl (C=O) groups is 1. The summed E-state index contributed by atoms with van der Waals surface area (Å²) < 4.78 is 11.0. The van der Waals surface area contributed by atoms with Crippen molar-refractivity contribution in [2.75, 3.05) is 31.2 Å². The van der Waals surface area contributed by atoms with E-state index in [0.717, 1.165) is 38.3 Å². The molecular formula is C26H41N3O3S. The van der Waals surface area contributed by atoms with E-state index in [9.17, 15) is 4.79 Å². The Hall–Kier alpha value is -1.86. The molecule has 1 aliphatic heterocycles. The van der Waals surface area contributed by atoms with Crippen molar-refractivity contribution >= 4 is 29.0 Å². The van der Waals surface area contributed by atoms with E-state index in [1.165, 1.54) is 37.8 Å². The average molecular weight is 476 g/mol. The monoisotopic (exact) mass is 475 g/mol. The van der Waals surface area contributed by atoms with E-state index in [1.807, 2.05) is 27.7 Å². The molecule has 33 heavy (non-hydrogen) atoms. The fourth-order valence-electron chi connectivity index (χ4n) is 4.72. The fraction of sp³-hybridized carbons (Fsp3) is 0.692. The Bertz CT molecular complexity index is 781. The van der Waals surface area contributed by atoms with Gasteiger partial charge in [-0.2, -0.15) is 0 Å². The lowest BCUT2D eigenvalue weighted by Gasteiger charge is -2.37. The highest BCUT2D eigenvalue weighted by atomic mass is 32.1. The van der Waals surface area contributed by atoms with Gasteiger partial charge in [-0.15, -0.1) is 0 Å². The van der Waals surface area contributed by atoms with Crippen molar-refractivity contribution in [3.05, 3.63) is 29.8 Å². The fourth-order valence-corrected chi connectivity index (χ4v) is 4.93. The maximum absolute atomic E-state index is 12.6. The maximum atomic E-state index is 12.6. The number of hydrogen-bond acceptors (Lipinski definition) is 5. The van der Waals surface area contributed by atoms with Crippen LogP contribution in [0.1, 0.15) is 71.8 Å². The Kier molecular flexibility index (Phi) is 8.99. The quantitative estimate of drug-likeness (QED) is 0.529. The highest BCUT2D eigenvalue weighted by molar-refractivity contribution is 7.80. The van der Waals surface area contributed by atoms with Gasteiger partial charge >= 0.3 is 6.09 Å². The molecule has 2 N–H and O–H groups in total. The molecule has 0 spiro atoms. The van der Waals surface area contributed by atoms with Crippen LogP contribution in [0.25, 0.3) is 0 Å². The molecule has 2 aliphatic rings. The molecule has 0 radical (unpaired) electrons. The Morgan fingerprint density at radius 1 is 1.09 bits per heavy atom. The SMILES string of the molecule is CC(C)(C)OC(=O)N[C@](C)(CC1CCCCC1)C(=S)NCc1ccc(N2CCOCC2)cc1. The summed E-state index contributed by atoms with van der Waals surface area (Å²) >= 11 is 5.84. The van der Waals surface area contributed by atoms with Crippen LogP contribution in [-0.4, -0.2) is 48.5 Å². The van der Waals surface area contributed by atoms with Gasteiger partial charge in [0.25, 0.3) is 0 Å². The van der Waals surface area contributed by atoms with E-state index >= 15 is 0 Å². The third kappa shape index (κ3) is 8.14. The number of benzene rings is 1. The minimum absolute atomic E-state index is 0.417. The van der Waals surface area contributed by atoms with Gasteiger partial charge in [-0.05, 0) is 57.7 Å². The van der Waals surface area contributed by atoms with Crippen LogP contribution in [0, 0.1) is 5.92 Å². The highest BCUT2D eigenvalue weighted by Gasteiger charge is 2.36. The molecule has 184 valence electrons. The van der Waals surface area contributed by atoms with Crippen LogP contribution in [-0.2, 0) is 16.0 Å². The Morgan fingerprint density at radius 2 is 1.73 bits per heavy atom. The molecule has 1 saturated carbocycles. The number of ether oxygens (including phenoxy) is 2. The molecule has 1 amide bonds. The molecule has 0 bridgehead atoms. The molecule has 3 rings (SSSR count). The zero-order valence-corrected chi connectivity index (χ0v) is 21.6. The van der Waals surface area contributed by atoms with Gasteiger partial charge in [0.2, 0.25) is 0 Å². The van der Waals surface area contributed by atoms with E-state index < -0.39 is 17.2 Å². The first-order valence-corrected chi connectivity index (χ1v) is 12.8. The zero-order chi connectivity index (χ0) is 23.9. The third-order valence-corrected chi connectivity index (χ3v) is 7.06. The van der Waals surface area contributed by atoms with Crippen molar-refractivity contribution in [2.45, 2.75) is 83.9 Å². The number of thiocarbonyl (C=S) groups is 1. The first-order valence-electron chi connectivity index (χ1n) is 12.4. The van der Waals surface area contributed by atoms with Gasteiger partial charge in [-0.3, -0.25) is 0 Å². The molecule has 1 saturated heterocycles. The molecule has 1 heterocycles. The van der Waals surface area contributed by atoms with E-state index in [2.05, 4.69) is 39.8 Å². The molecule has 0 aromatic heterocycles. The zero-order valence-electron chi connectivity index (χ0n) is 20.7. The lowest BCUT2D eigenvalue weighted by molar-refractivity contribution is 0.0479. The summed E-state index contributed by atoms with van der Waals surface area (Å²) in [5.74, 6) is 0.561. The second-order valence-corrected chi connectivity index (χ2v) is 11.0. The van der Waals surface area contributed by atoms with E-state index in [1.54, 1.807) is 0 Å². The van der Waals surface area contributed by atoms with Gasteiger partial charge in [-0.1, -0.05) is 56.5 Å². The van der Waals surface area contributed by atoms with Crippen LogP contribution in [0.15, 0.2) is 24.3 Å². The van der Waals surface area contributed by atoms with Gasteiger partial charge in [0.15, 0.2) is 0 Å². The second kappa shape index (κ2) is 11.5. The average Bonchev–Trinajstić information content (AvgIpc) is 2.77. The van der Waals surface area contributed by atoms with Crippen molar-refractivity contribution in [3.63, 3.8) is 0 Å². The molecule has 0 unspecified atom stereocenters.